The SMILES string of the molecule is COc1cc2sc(C(N)=O)cc2cc1-c1c(NC(=O)c2cnn3cccnc23)cnn1COCC[Si](C)(C)C. The zero-order valence-electron chi connectivity index (χ0n) is 22.1. The fraction of sp³-hybridized carbons (Fsp3) is 0.269. The molecule has 0 atom stereocenters. The minimum Gasteiger partial charge on any atom is -0.496 e. The Morgan fingerprint density at radius 2 is 1.97 bits per heavy atom. The van der Waals surface area contributed by atoms with Gasteiger partial charge in [-0.1, -0.05) is 19.6 Å². The van der Waals surface area contributed by atoms with Crippen LogP contribution in [0.15, 0.2) is 49.1 Å². The Bertz CT molecular complexity index is 1680. The first-order chi connectivity index (χ1) is 18.6. The van der Waals surface area contributed by atoms with Crippen LogP contribution in [-0.2, 0) is 11.5 Å². The van der Waals surface area contributed by atoms with E-state index in [1.54, 1.807) is 42.5 Å². The first-order valence-electron chi connectivity index (χ1n) is 12.3. The highest BCUT2D eigenvalue weighted by atomic mass is 32.1. The number of nitrogens with two attached hydrogens (primary N) is 1. The lowest BCUT2D eigenvalue weighted by molar-refractivity contribution is 0.0797. The molecule has 202 valence electrons. The topological polar surface area (TPSA) is 139 Å². The molecular formula is C26H29N7O4SSi. The molecule has 0 saturated carbocycles. The van der Waals surface area contributed by atoms with Gasteiger partial charge in [-0.05, 0) is 35.7 Å². The average Bonchev–Trinajstić information content (AvgIpc) is 3.61. The maximum atomic E-state index is 13.3. The Labute approximate surface area is 229 Å². The van der Waals surface area contributed by atoms with Crippen LogP contribution in [-0.4, -0.2) is 58.0 Å². The van der Waals surface area contributed by atoms with Gasteiger partial charge in [-0.2, -0.15) is 10.2 Å². The molecule has 0 aliphatic carbocycles. The summed E-state index contributed by atoms with van der Waals surface area (Å²) in [5.74, 6) is -0.319. The Kier molecular flexibility index (Phi) is 7.21. The molecule has 0 bridgehead atoms. The summed E-state index contributed by atoms with van der Waals surface area (Å²) in [6.45, 7) is 7.67. The number of carbonyl (C=O) groups excluding carboxylic acids is 2. The van der Waals surface area contributed by atoms with E-state index in [4.69, 9.17) is 15.2 Å². The molecule has 2 amide bonds. The molecule has 0 unspecified atom stereocenters. The molecule has 4 aromatic heterocycles. The molecule has 5 rings (SSSR count). The fourth-order valence-corrected chi connectivity index (χ4v) is 5.79. The predicted molar refractivity (Wildman–Crippen MR) is 153 cm³/mol. The Hall–Kier alpha value is -4.07. The first kappa shape index (κ1) is 26.5. The molecule has 0 aliphatic heterocycles. The Morgan fingerprint density at radius 3 is 2.72 bits per heavy atom. The summed E-state index contributed by atoms with van der Waals surface area (Å²) < 4.78 is 15.8. The van der Waals surface area contributed by atoms with E-state index in [0.29, 0.717) is 45.4 Å². The van der Waals surface area contributed by atoms with Gasteiger partial charge in [-0.15, -0.1) is 11.3 Å². The highest BCUT2D eigenvalue weighted by Gasteiger charge is 2.23. The van der Waals surface area contributed by atoms with E-state index >= 15 is 0 Å². The van der Waals surface area contributed by atoms with Gasteiger partial charge in [0.05, 0.1) is 35.8 Å². The summed E-state index contributed by atoms with van der Waals surface area (Å²) in [6, 6.07) is 8.25. The smallest absolute Gasteiger partial charge is 0.261 e. The number of rotatable bonds is 10. The van der Waals surface area contributed by atoms with Gasteiger partial charge in [0.15, 0.2) is 5.65 Å². The highest BCUT2D eigenvalue weighted by molar-refractivity contribution is 7.20. The van der Waals surface area contributed by atoms with Crippen molar-refractivity contribution in [3.8, 4) is 17.0 Å². The van der Waals surface area contributed by atoms with Gasteiger partial charge in [0.1, 0.15) is 18.0 Å². The lowest BCUT2D eigenvalue weighted by atomic mass is 10.1. The number of benzene rings is 1. The molecule has 1 aromatic carbocycles. The quantitative estimate of drug-likeness (QED) is 0.189. The molecule has 0 spiro atoms. The monoisotopic (exact) mass is 563 g/mol. The van der Waals surface area contributed by atoms with Crippen molar-refractivity contribution < 1.29 is 19.1 Å². The maximum Gasteiger partial charge on any atom is 0.261 e. The Morgan fingerprint density at radius 1 is 1.15 bits per heavy atom. The van der Waals surface area contributed by atoms with Crippen LogP contribution in [0.2, 0.25) is 25.7 Å². The van der Waals surface area contributed by atoms with Gasteiger partial charge in [0.25, 0.3) is 11.8 Å². The van der Waals surface area contributed by atoms with Gasteiger partial charge >= 0.3 is 0 Å². The number of anilines is 1. The van der Waals surface area contributed by atoms with E-state index < -0.39 is 14.0 Å². The molecular weight excluding hydrogens is 534 g/mol. The molecule has 3 N–H and O–H groups in total. The third-order valence-electron chi connectivity index (χ3n) is 6.16. The second-order valence-electron chi connectivity index (χ2n) is 10.2. The van der Waals surface area contributed by atoms with E-state index in [0.717, 1.165) is 16.1 Å². The summed E-state index contributed by atoms with van der Waals surface area (Å²) in [5, 5.41) is 12.5. The summed E-state index contributed by atoms with van der Waals surface area (Å²) in [6.07, 6.45) is 6.39. The number of thiophene rings is 1. The summed E-state index contributed by atoms with van der Waals surface area (Å²) in [4.78, 5) is 29.9. The average molecular weight is 564 g/mol. The molecule has 0 radical (unpaired) electrons. The second-order valence-corrected chi connectivity index (χ2v) is 16.9. The molecule has 4 heterocycles. The number of ether oxygens (including phenoxy) is 2. The first-order valence-corrected chi connectivity index (χ1v) is 16.8. The summed E-state index contributed by atoms with van der Waals surface area (Å²) >= 11 is 1.29. The van der Waals surface area contributed by atoms with Crippen molar-refractivity contribution in [3.63, 3.8) is 0 Å². The van der Waals surface area contributed by atoms with E-state index in [-0.39, 0.29) is 12.6 Å². The maximum absolute atomic E-state index is 13.3. The van der Waals surface area contributed by atoms with Gasteiger partial charge in [-0.25, -0.2) is 14.2 Å². The van der Waals surface area contributed by atoms with Gasteiger partial charge < -0.3 is 20.5 Å². The number of aromatic nitrogens is 5. The second kappa shape index (κ2) is 10.6. The Balaban J connectivity index is 1.55. The standard InChI is InChI=1S/C26H29N7O4SSi/c1-36-20-12-21-16(11-22(38-21)24(27)34)10-17(20)23-19(14-30-33(23)15-37-8-9-39(2,3)4)31-26(35)18-13-29-32-7-5-6-28-25(18)32/h5-7,10-14H,8-9,15H2,1-4H3,(H2,27,34)(H,31,35). The number of methoxy groups -OCH3 is 1. The van der Waals surface area contributed by atoms with E-state index in [1.807, 2.05) is 12.1 Å². The molecule has 0 aliphatic rings. The summed E-state index contributed by atoms with van der Waals surface area (Å²) in [7, 11) is 0.294. The largest absolute Gasteiger partial charge is 0.496 e. The van der Waals surface area contributed by atoms with Crippen LogP contribution >= 0.6 is 11.3 Å². The molecule has 13 heteroatoms. The van der Waals surface area contributed by atoms with Crippen molar-refractivity contribution in [1.82, 2.24) is 24.4 Å². The van der Waals surface area contributed by atoms with Crippen LogP contribution in [0.25, 0.3) is 27.0 Å². The van der Waals surface area contributed by atoms with Crippen LogP contribution in [0.3, 0.4) is 0 Å². The summed E-state index contributed by atoms with van der Waals surface area (Å²) in [5.41, 5.74) is 8.03. The number of carbonyl (C=O) groups is 2. The third-order valence-corrected chi connectivity index (χ3v) is 8.97. The van der Waals surface area contributed by atoms with Crippen LogP contribution in [0.5, 0.6) is 5.75 Å². The molecule has 5 aromatic rings. The normalized spacial score (nSPS) is 11.8. The molecule has 11 nitrogen and oxygen atoms in total. The number of fused-ring (bicyclic) bond motifs is 2. The number of nitrogens with zero attached hydrogens (tertiary/aromatic N) is 5. The molecule has 0 fully saturated rings. The minimum absolute atomic E-state index is 0.186. The van der Waals surface area contributed by atoms with E-state index in [2.05, 4.69) is 40.1 Å². The van der Waals surface area contributed by atoms with Gasteiger partial charge in [-0.3, -0.25) is 9.59 Å². The lowest BCUT2D eigenvalue weighted by Crippen LogP contribution is -2.22. The highest BCUT2D eigenvalue weighted by Crippen LogP contribution is 2.40. The van der Waals surface area contributed by atoms with E-state index in [1.165, 1.54) is 22.0 Å². The zero-order valence-corrected chi connectivity index (χ0v) is 23.9. The van der Waals surface area contributed by atoms with E-state index in [9.17, 15) is 9.59 Å². The fourth-order valence-electron chi connectivity index (χ4n) is 4.11. The lowest BCUT2D eigenvalue weighted by Gasteiger charge is -2.17. The minimum atomic E-state index is -1.28. The number of amides is 2. The van der Waals surface area contributed by atoms with Gasteiger partial charge in [0, 0.05) is 37.3 Å². The van der Waals surface area contributed by atoms with Crippen molar-refractivity contribution in [2.75, 3.05) is 19.0 Å². The van der Waals surface area contributed by atoms with Crippen molar-refractivity contribution in [2.45, 2.75) is 32.4 Å². The van der Waals surface area contributed by atoms with Crippen LogP contribution in [0.4, 0.5) is 5.69 Å². The van der Waals surface area contributed by atoms with Crippen molar-refractivity contribution >= 4 is 52.6 Å². The number of hydrogen-bond acceptors (Lipinski definition) is 8. The van der Waals surface area contributed by atoms with Crippen LogP contribution < -0.4 is 15.8 Å². The third kappa shape index (κ3) is 5.55. The number of primary amides is 1. The number of hydrogen-bond donors (Lipinski definition) is 2. The van der Waals surface area contributed by atoms with Crippen molar-refractivity contribution in [3.05, 3.63) is 59.5 Å². The van der Waals surface area contributed by atoms with Crippen LogP contribution in [0, 0.1) is 0 Å². The predicted octanol–water partition coefficient (Wildman–Crippen LogP) is 4.48. The zero-order chi connectivity index (χ0) is 27.7. The van der Waals surface area contributed by atoms with Crippen LogP contribution in [0.1, 0.15) is 20.0 Å². The van der Waals surface area contributed by atoms with Crippen molar-refractivity contribution in [2.24, 2.45) is 5.73 Å². The molecule has 39 heavy (non-hydrogen) atoms. The van der Waals surface area contributed by atoms with Gasteiger partial charge in [0.2, 0.25) is 0 Å². The molecule has 0 saturated heterocycles. The number of nitrogens with one attached hydrogen (secondary N) is 1. The van der Waals surface area contributed by atoms with Crippen molar-refractivity contribution in [1.29, 1.82) is 0 Å².